The summed E-state index contributed by atoms with van der Waals surface area (Å²) in [7, 11) is 3.75. The Bertz CT molecular complexity index is 794. The van der Waals surface area contributed by atoms with Crippen molar-refractivity contribution in [3.05, 3.63) is 22.9 Å². The van der Waals surface area contributed by atoms with Gasteiger partial charge in [-0.2, -0.15) is 0 Å². The average Bonchev–Trinajstić information content (AvgIpc) is 3.22. The van der Waals surface area contributed by atoms with Crippen LogP contribution in [0.15, 0.2) is 6.07 Å². The zero-order chi connectivity index (χ0) is 20.0. The lowest BCUT2D eigenvalue weighted by Gasteiger charge is -2.25. The van der Waals surface area contributed by atoms with Gasteiger partial charge in [0.15, 0.2) is 0 Å². The molecule has 1 aliphatic carbocycles. The first-order valence-electron chi connectivity index (χ1n) is 10.2. The first-order chi connectivity index (χ1) is 13.4. The molecule has 1 N–H and O–H groups in total. The fourth-order valence-electron chi connectivity index (χ4n) is 4.97. The highest BCUT2D eigenvalue weighted by molar-refractivity contribution is 5.98. The summed E-state index contributed by atoms with van der Waals surface area (Å²) < 4.78 is 5.55. The molecule has 7 heteroatoms. The molecule has 1 aromatic heterocycles. The van der Waals surface area contributed by atoms with Gasteiger partial charge in [0.05, 0.1) is 24.9 Å². The number of methoxy groups -OCH3 is 1. The van der Waals surface area contributed by atoms with Crippen LogP contribution in [0.3, 0.4) is 0 Å². The van der Waals surface area contributed by atoms with E-state index in [0.29, 0.717) is 48.8 Å². The maximum absolute atomic E-state index is 12.7. The van der Waals surface area contributed by atoms with E-state index >= 15 is 0 Å². The third kappa shape index (κ3) is 3.36. The van der Waals surface area contributed by atoms with Crippen LogP contribution in [0.4, 0.5) is 0 Å². The third-order valence-electron chi connectivity index (χ3n) is 6.64. The molecule has 0 unspecified atom stereocenters. The number of aromatic nitrogens is 1. The number of piperidine rings is 1. The Balaban J connectivity index is 1.51. The van der Waals surface area contributed by atoms with E-state index < -0.39 is 0 Å². The lowest BCUT2D eigenvalue weighted by Crippen LogP contribution is -2.38. The van der Waals surface area contributed by atoms with Crippen LogP contribution in [0.2, 0.25) is 0 Å². The molecule has 2 aliphatic heterocycles. The third-order valence-corrected chi connectivity index (χ3v) is 6.64. The van der Waals surface area contributed by atoms with Gasteiger partial charge in [-0.05, 0) is 51.6 Å². The highest BCUT2D eigenvalue weighted by atomic mass is 16.5. The Morgan fingerprint density at radius 3 is 2.79 bits per heavy atom. The molecule has 1 aromatic rings. The van der Waals surface area contributed by atoms with E-state index in [2.05, 4.69) is 22.2 Å². The highest BCUT2D eigenvalue weighted by Crippen LogP contribution is 2.39. The maximum atomic E-state index is 12.7. The first-order valence-corrected chi connectivity index (χ1v) is 10.2. The lowest BCUT2D eigenvalue weighted by atomic mass is 9.89. The Kier molecular flexibility index (Phi) is 5.04. The van der Waals surface area contributed by atoms with E-state index in [4.69, 9.17) is 4.74 Å². The number of pyridine rings is 1. The van der Waals surface area contributed by atoms with E-state index in [1.54, 1.807) is 7.11 Å². The average molecular weight is 386 g/mol. The normalized spacial score (nSPS) is 26.6. The van der Waals surface area contributed by atoms with Crippen LogP contribution in [0, 0.1) is 11.8 Å². The molecule has 4 rings (SSSR count). The van der Waals surface area contributed by atoms with Crippen molar-refractivity contribution in [1.82, 2.24) is 20.1 Å². The predicted molar refractivity (Wildman–Crippen MR) is 105 cm³/mol. The summed E-state index contributed by atoms with van der Waals surface area (Å²) in [5.74, 6) is 1.91. The van der Waals surface area contributed by atoms with E-state index in [1.807, 2.05) is 24.8 Å². The fraction of sp³-hybridized carbons (Fsp3) is 0.667. The standard InChI is InChI=1S/C21H30N4O3/c1-12(2)25-11-18-17(21(25)27)7-15(20(23-18)28-4)10-24(3)16-5-13-8-19(26)22-9-14(13)6-16/h7,12-14,16H,5-6,8-11H2,1-4H3,(H,22,26)/t13-,14+,16-/m0/s1. The Morgan fingerprint density at radius 1 is 1.32 bits per heavy atom. The molecule has 3 aliphatic rings. The molecule has 152 valence electrons. The van der Waals surface area contributed by atoms with Crippen LogP contribution in [-0.2, 0) is 17.9 Å². The van der Waals surface area contributed by atoms with Crippen molar-refractivity contribution in [2.45, 2.75) is 58.3 Å². The zero-order valence-corrected chi connectivity index (χ0v) is 17.2. The molecule has 1 saturated heterocycles. The maximum Gasteiger partial charge on any atom is 0.256 e. The van der Waals surface area contributed by atoms with Gasteiger partial charge in [0.2, 0.25) is 11.8 Å². The molecular weight excluding hydrogens is 356 g/mol. The number of amides is 2. The number of hydrogen-bond donors (Lipinski definition) is 1. The molecule has 0 aromatic carbocycles. The molecule has 28 heavy (non-hydrogen) atoms. The number of nitrogens with one attached hydrogen (secondary N) is 1. The smallest absolute Gasteiger partial charge is 0.256 e. The van der Waals surface area contributed by atoms with Crippen molar-refractivity contribution in [3.63, 3.8) is 0 Å². The SMILES string of the molecule is COc1nc2c(cc1CN(C)[C@H]1C[C@H]3CC(=O)NC[C@H]3C1)C(=O)N(C(C)C)C2. The number of rotatable bonds is 5. The van der Waals surface area contributed by atoms with Gasteiger partial charge in [-0.25, -0.2) is 4.98 Å². The Labute approximate surface area is 166 Å². The summed E-state index contributed by atoms with van der Waals surface area (Å²) in [5.41, 5.74) is 2.46. The van der Waals surface area contributed by atoms with Crippen LogP contribution in [-0.4, -0.2) is 59.4 Å². The van der Waals surface area contributed by atoms with Gasteiger partial charge in [0, 0.05) is 37.2 Å². The molecule has 0 spiro atoms. The summed E-state index contributed by atoms with van der Waals surface area (Å²) in [5, 5.41) is 3.00. The van der Waals surface area contributed by atoms with Crippen LogP contribution in [0.1, 0.15) is 54.7 Å². The molecule has 0 radical (unpaired) electrons. The van der Waals surface area contributed by atoms with Crippen LogP contribution < -0.4 is 10.1 Å². The predicted octanol–water partition coefficient (Wildman–Crippen LogP) is 1.80. The number of hydrogen-bond acceptors (Lipinski definition) is 5. The molecule has 3 atom stereocenters. The van der Waals surface area contributed by atoms with E-state index in [0.717, 1.165) is 30.6 Å². The second-order valence-corrected chi connectivity index (χ2v) is 8.75. The van der Waals surface area contributed by atoms with Gasteiger partial charge in [-0.15, -0.1) is 0 Å². The summed E-state index contributed by atoms with van der Waals surface area (Å²) in [6, 6.07) is 2.55. The van der Waals surface area contributed by atoms with Crippen LogP contribution in [0.5, 0.6) is 5.88 Å². The largest absolute Gasteiger partial charge is 0.481 e. The molecule has 0 bridgehead atoms. The zero-order valence-electron chi connectivity index (χ0n) is 17.2. The van der Waals surface area contributed by atoms with Gasteiger partial charge < -0.3 is 15.0 Å². The van der Waals surface area contributed by atoms with Gasteiger partial charge in [0.1, 0.15) is 0 Å². The number of nitrogens with zero attached hydrogens (tertiary/aromatic N) is 3. The summed E-state index contributed by atoms with van der Waals surface area (Å²) in [6.45, 7) is 6.08. The van der Waals surface area contributed by atoms with Gasteiger partial charge in [-0.3, -0.25) is 14.5 Å². The van der Waals surface area contributed by atoms with Gasteiger partial charge in [-0.1, -0.05) is 0 Å². The Hall–Kier alpha value is -2.15. The van der Waals surface area contributed by atoms with Crippen molar-refractivity contribution in [2.75, 3.05) is 20.7 Å². The van der Waals surface area contributed by atoms with Crippen molar-refractivity contribution in [3.8, 4) is 5.88 Å². The molecule has 7 nitrogen and oxygen atoms in total. The monoisotopic (exact) mass is 386 g/mol. The summed E-state index contributed by atoms with van der Waals surface area (Å²) >= 11 is 0. The van der Waals surface area contributed by atoms with E-state index in [9.17, 15) is 9.59 Å². The summed E-state index contributed by atoms with van der Waals surface area (Å²) in [4.78, 5) is 33.2. The van der Waals surface area contributed by atoms with Crippen molar-refractivity contribution in [2.24, 2.45) is 11.8 Å². The molecule has 1 saturated carbocycles. The van der Waals surface area contributed by atoms with Crippen molar-refractivity contribution >= 4 is 11.8 Å². The Morgan fingerprint density at radius 2 is 2.07 bits per heavy atom. The van der Waals surface area contributed by atoms with Gasteiger partial charge in [0.25, 0.3) is 5.91 Å². The molecular formula is C21H30N4O3. The lowest BCUT2D eigenvalue weighted by molar-refractivity contribution is -0.124. The number of ether oxygens (including phenoxy) is 1. The minimum Gasteiger partial charge on any atom is -0.481 e. The number of carbonyl (C=O) groups excluding carboxylic acids is 2. The van der Waals surface area contributed by atoms with Crippen molar-refractivity contribution < 1.29 is 14.3 Å². The molecule has 2 fully saturated rings. The minimum atomic E-state index is 0.0560. The van der Waals surface area contributed by atoms with E-state index in [1.165, 1.54) is 0 Å². The second kappa shape index (κ2) is 7.35. The van der Waals surface area contributed by atoms with Gasteiger partial charge >= 0.3 is 0 Å². The van der Waals surface area contributed by atoms with Crippen molar-refractivity contribution in [1.29, 1.82) is 0 Å². The molecule has 3 heterocycles. The minimum absolute atomic E-state index is 0.0560. The quantitative estimate of drug-likeness (QED) is 0.835. The summed E-state index contributed by atoms with van der Waals surface area (Å²) in [6.07, 6.45) is 2.80. The van der Waals surface area contributed by atoms with Crippen LogP contribution >= 0.6 is 0 Å². The highest BCUT2D eigenvalue weighted by Gasteiger charge is 2.40. The van der Waals surface area contributed by atoms with E-state index in [-0.39, 0.29) is 17.9 Å². The topological polar surface area (TPSA) is 74.8 Å². The second-order valence-electron chi connectivity index (χ2n) is 8.75. The first kappa shape index (κ1) is 19.2. The fourth-order valence-corrected chi connectivity index (χ4v) is 4.97. The number of fused-ring (bicyclic) bond motifs is 2. The number of carbonyl (C=O) groups is 2. The molecule has 2 amide bonds. The van der Waals surface area contributed by atoms with Crippen LogP contribution in [0.25, 0.3) is 0 Å².